The lowest BCUT2D eigenvalue weighted by Gasteiger charge is -2.35. The lowest BCUT2D eigenvalue weighted by molar-refractivity contribution is -0.143. The number of rotatable bonds is 6. The van der Waals surface area contributed by atoms with Crippen molar-refractivity contribution in [1.29, 1.82) is 0 Å². The molecule has 0 spiro atoms. The summed E-state index contributed by atoms with van der Waals surface area (Å²) < 4.78 is 18.1. The molecule has 1 aliphatic heterocycles. The van der Waals surface area contributed by atoms with Crippen LogP contribution in [0.25, 0.3) is 10.9 Å². The number of benzene rings is 2. The van der Waals surface area contributed by atoms with Crippen LogP contribution in [-0.2, 0) is 9.53 Å². The van der Waals surface area contributed by atoms with Crippen LogP contribution in [0.2, 0.25) is 0 Å². The second-order valence-electron chi connectivity index (χ2n) is 7.83. The largest absolute Gasteiger partial charge is 0.457 e. The summed E-state index contributed by atoms with van der Waals surface area (Å²) >= 11 is 0. The van der Waals surface area contributed by atoms with Gasteiger partial charge in [-0.1, -0.05) is 24.3 Å². The van der Waals surface area contributed by atoms with Crippen molar-refractivity contribution >= 4 is 28.6 Å². The number of amides is 1. The summed E-state index contributed by atoms with van der Waals surface area (Å²) in [5.41, 5.74) is 1.36. The third-order valence-corrected chi connectivity index (χ3v) is 5.64. The van der Waals surface area contributed by atoms with Gasteiger partial charge in [0.25, 0.3) is 5.91 Å². The van der Waals surface area contributed by atoms with E-state index in [1.54, 1.807) is 11.0 Å². The third kappa shape index (κ3) is 4.99. The monoisotopic (exact) mass is 434 g/mol. The maximum atomic E-state index is 13.1. The van der Waals surface area contributed by atoms with Crippen LogP contribution in [-0.4, -0.2) is 46.7 Å². The van der Waals surface area contributed by atoms with Gasteiger partial charge in [-0.2, -0.15) is 0 Å². The van der Waals surface area contributed by atoms with E-state index < -0.39 is 24.2 Å². The van der Waals surface area contributed by atoms with Crippen LogP contribution < -0.4 is 0 Å². The number of ether oxygens (including phenoxy) is 1. The number of pyridine rings is 1. The zero-order valence-electron chi connectivity index (χ0n) is 17.5. The molecule has 0 N–H and O–H groups in total. The van der Waals surface area contributed by atoms with Crippen LogP contribution in [0.5, 0.6) is 0 Å². The minimum absolute atomic E-state index is 0.00994. The number of piperidine rings is 1. The van der Waals surface area contributed by atoms with Crippen LogP contribution in [0.4, 0.5) is 4.39 Å². The molecule has 0 saturated carbocycles. The predicted molar refractivity (Wildman–Crippen MR) is 117 cm³/mol. The fraction of sp³-hybridized carbons (Fsp3) is 0.280. The first-order valence-corrected chi connectivity index (χ1v) is 10.6. The number of Topliss-reactive ketones (excluding diaryl/α,β-unsaturated/α-hetero) is 1. The van der Waals surface area contributed by atoms with Crippen LogP contribution in [0.3, 0.4) is 0 Å². The van der Waals surface area contributed by atoms with Crippen molar-refractivity contribution < 1.29 is 23.5 Å². The SMILES string of the molecule is O=C(CC1CCCCN1C(=O)c1ccc2ccccc2n1)OCC(=O)c1ccc(F)cc1. The lowest BCUT2D eigenvalue weighted by Crippen LogP contribution is -2.45. The highest BCUT2D eigenvalue weighted by Crippen LogP contribution is 2.23. The minimum atomic E-state index is -0.545. The van der Waals surface area contributed by atoms with Gasteiger partial charge in [0.15, 0.2) is 12.4 Å². The molecule has 3 aromatic rings. The topological polar surface area (TPSA) is 76.6 Å². The van der Waals surface area contributed by atoms with E-state index in [1.165, 1.54) is 24.3 Å². The molecule has 1 amide bonds. The van der Waals surface area contributed by atoms with E-state index in [-0.39, 0.29) is 23.9 Å². The van der Waals surface area contributed by atoms with Crippen LogP contribution in [0.1, 0.15) is 46.5 Å². The van der Waals surface area contributed by atoms with Gasteiger partial charge >= 0.3 is 5.97 Å². The number of ketones is 1. The normalized spacial score (nSPS) is 16.0. The number of hydrogen-bond donors (Lipinski definition) is 0. The molecule has 6 nitrogen and oxygen atoms in total. The van der Waals surface area contributed by atoms with Gasteiger partial charge in [-0.25, -0.2) is 9.37 Å². The minimum Gasteiger partial charge on any atom is -0.457 e. The summed E-state index contributed by atoms with van der Waals surface area (Å²) in [6.07, 6.45) is 2.45. The Labute approximate surface area is 185 Å². The van der Waals surface area contributed by atoms with Crippen molar-refractivity contribution in [3.05, 3.63) is 77.7 Å². The summed E-state index contributed by atoms with van der Waals surface area (Å²) in [6.45, 7) is 0.122. The first kappa shape index (κ1) is 21.6. The van der Waals surface area contributed by atoms with E-state index in [4.69, 9.17) is 4.74 Å². The number of aromatic nitrogens is 1. The molecule has 1 aliphatic rings. The number of carbonyl (C=O) groups excluding carboxylic acids is 3. The van der Waals surface area contributed by atoms with E-state index in [2.05, 4.69) is 4.98 Å². The number of halogens is 1. The van der Waals surface area contributed by atoms with E-state index in [0.29, 0.717) is 18.7 Å². The lowest BCUT2D eigenvalue weighted by atomic mass is 9.98. The number of para-hydroxylation sites is 1. The Morgan fingerprint density at radius 2 is 1.78 bits per heavy atom. The number of esters is 1. The summed E-state index contributed by atoms with van der Waals surface area (Å²) in [6, 6.07) is 15.9. The Morgan fingerprint density at radius 1 is 1.00 bits per heavy atom. The molecule has 1 atom stereocenters. The van der Waals surface area contributed by atoms with Gasteiger partial charge in [0.2, 0.25) is 0 Å². The molecule has 0 bridgehead atoms. The number of hydrogen-bond acceptors (Lipinski definition) is 5. The first-order valence-electron chi connectivity index (χ1n) is 10.6. The number of nitrogens with zero attached hydrogens (tertiary/aromatic N) is 2. The van der Waals surface area contributed by atoms with Crippen LogP contribution in [0, 0.1) is 5.82 Å². The van der Waals surface area contributed by atoms with Crippen molar-refractivity contribution in [2.75, 3.05) is 13.2 Å². The fourth-order valence-corrected chi connectivity index (χ4v) is 3.93. The zero-order chi connectivity index (χ0) is 22.5. The molecular weight excluding hydrogens is 411 g/mol. The smallest absolute Gasteiger partial charge is 0.308 e. The highest BCUT2D eigenvalue weighted by molar-refractivity contribution is 5.98. The van der Waals surface area contributed by atoms with Gasteiger partial charge in [-0.3, -0.25) is 14.4 Å². The van der Waals surface area contributed by atoms with Gasteiger partial charge in [0, 0.05) is 23.5 Å². The Balaban J connectivity index is 1.39. The molecule has 1 aromatic heterocycles. The Kier molecular flexibility index (Phi) is 6.54. The Bertz CT molecular complexity index is 1150. The summed E-state index contributed by atoms with van der Waals surface area (Å²) in [5, 5.41) is 0.952. The van der Waals surface area contributed by atoms with Crippen molar-refractivity contribution in [3.63, 3.8) is 0 Å². The number of carbonyl (C=O) groups is 3. The number of likely N-dealkylation sites (tertiary alicyclic amines) is 1. The summed E-state index contributed by atoms with van der Waals surface area (Å²) in [7, 11) is 0. The van der Waals surface area contributed by atoms with E-state index in [0.717, 1.165) is 23.7 Å². The molecule has 4 rings (SSSR count). The molecule has 0 aliphatic carbocycles. The second kappa shape index (κ2) is 9.68. The third-order valence-electron chi connectivity index (χ3n) is 5.64. The van der Waals surface area contributed by atoms with Crippen LogP contribution >= 0.6 is 0 Å². The molecule has 1 unspecified atom stereocenters. The Hall–Kier alpha value is -3.61. The molecule has 2 heterocycles. The summed E-state index contributed by atoms with van der Waals surface area (Å²) in [5.74, 6) is -1.61. The van der Waals surface area contributed by atoms with E-state index in [9.17, 15) is 18.8 Å². The van der Waals surface area contributed by atoms with Gasteiger partial charge in [0.1, 0.15) is 11.5 Å². The van der Waals surface area contributed by atoms with Gasteiger partial charge in [-0.15, -0.1) is 0 Å². The summed E-state index contributed by atoms with van der Waals surface area (Å²) in [4.78, 5) is 43.8. The van der Waals surface area contributed by atoms with Crippen LogP contribution in [0.15, 0.2) is 60.7 Å². The highest BCUT2D eigenvalue weighted by atomic mass is 19.1. The molecule has 1 saturated heterocycles. The van der Waals surface area contributed by atoms with Gasteiger partial charge in [-0.05, 0) is 55.7 Å². The maximum Gasteiger partial charge on any atom is 0.308 e. The standard InChI is InChI=1S/C25H23FN2O4/c26-19-11-8-18(9-12-19)23(29)16-32-24(30)15-20-6-3-4-14-28(20)25(31)22-13-10-17-5-1-2-7-21(17)27-22/h1-2,5,7-13,20H,3-4,6,14-16H2. The average molecular weight is 434 g/mol. The molecule has 164 valence electrons. The molecule has 1 fully saturated rings. The average Bonchev–Trinajstić information content (AvgIpc) is 2.82. The molecule has 7 heteroatoms. The molecule has 32 heavy (non-hydrogen) atoms. The predicted octanol–water partition coefficient (Wildman–Crippen LogP) is 4.18. The molecular formula is C25H23FN2O4. The van der Waals surface area contributed by atoms with E-state index >= 15 is 0 Å². The Morgan fingerprint density at radius 3 is 2.59 bits per heavy atom. The quantitative estimate of drug-likeness (QED) is 0.430. The van der Waals surface area contributed by atoms with E-state index in [1.807, 2.05) is 30.3 Å². The molecule has 2 aromatic carbocycles. The highest BCUT2D eigenvalue weighted by Gasteiger charge is 2.30. The van der Waals surface area contributed by atoms with Crippen molar-refractivity contribution in [2.45, 2.75) is 31.7 Å². The zero-order valence-corrected chi connectivity index (χ0v) is 17.5. The second-order valence-corrected chi connectivity index (χ2v) is 7.83. The van der Waals surface area contributed by atoms with Crippen molar-refractivity contribution in [2.24, 2.45) is 0 Å². The first-order chi connectivity index (χ1) is 15.5. The van der Waals surface area contributed by atoms with Gasteiger partial charge < -0.3 is 9.64 Å². The van der Waals surface area contributed by atoms with Crippen molar-refractivity contribution in [3.8, 4) is 0 Å². The van der Waals surface area contributed by atoms with Crippen molar-refractivity contribution in [1.82, 2.24) is 9.88 Å². The van der Waals surface area contributed by atoms with Gasteiger partial charge in [0.05, 0.1) is 11.9 Å². The maximum absolute atomic E-state index is 13.1. The number of fused-ring (bicyclic) bond motifs is 1. The molecule has 0 radical (unpaired) electrons. The fourth-order valence-electron chi connectivity index (χ4n) is 3.93.